The van der Waals surface area contributed by atoms with E-state index in [0.717, 1.165) is 70.2 Å². The molecule has 2 N–H and O–H groups in total. The Morgan fingerprint density at radius 3 is 2.38 bits per heavy atom. The minimum atomic E-state index is -0.0449. The van der Waals surface area contributed by atoms with E-state index in [2.05, 4.69) is 69.8 Å². The van der Waals surface area contributed by atoms with E-state index in [9.17, 15) is 4.79 Å². The van der Waals surface area contributed by atoms with Crippen molar-refractivity contribution in [3.63, 3.8) is 0 Å². The van der Waals surface area contributed by atoms with E-state index in [1.54, 1.807) is 0 Å². The Hall–Kier alpha value is -2.49. The highest BCUT2D eigenvalue weighted by Gasteiger charge is 2.23. The molecule has 8 heteroatoms. The summed E-state index contributed by atoms with van der Waals surface area (Å²) in [5, 5.41) is 6.38. The summed E-state index contributed by atoms with van der Waals surface area (Å²) in [4.78, 5) is 21.4. The lowest BCUT2D eigenvalue weighted by atomic mass is 10.1. The Labute approximate surface area is 220 Å². The van der Waals surface area contributed by atoms with Crippen molar-refractivity contribution >= 4 is 41.5 Å². The van der Waals surface area contributed by atoms with Gasteiger partial charge in [-0.15, -0.1) is 24.0 Å². The number of halogens is 1. The molecule has 0 unspecified atom stereocenters. The minimum absolute atomic E-state index is 0. The summed E-state index contributed by atoms with van der Waals surface area (Å²) in [5.74, 6) is 1.67. The van der Waals surface area contributed by atoms with Crippen LogP contribution >= 0.6 is 24.0 Å². The topological polar surface area (TPSA) is 69.2 Å². The highest BCUT2D eigenvalue weighted by atomic mass is 127. The zero-order valence-electron chi connectivity index (χ0n) is 19.9. The van der Waals surface area contributed by atoms with Crippen molar-refractivity contribution in [2.24, 2.45) is 4.99 Å². The number of rotatable bonds is 9. The molecule has 34 heavy (non-hydrogen) atoms. The standard InChI is InChI=1S/C26H35N5O2.HI/c1-2-27-26(31-18-16-30(17-19-31)23-6-4-3-5-7-23)28-15-14-21-8-12-24(13-9-21)33-20-25(32)29-22-10-11-22;/h3-9,12-13,22H,2,10-11,14-20H2,1H3,(H,27,28)(H,29,32);1H. The first-order valence-corrected chi connectivity index (χ1v) is 12.1. The van der Waals surface area contributed by atoms with Gasteiger partial charge in [0.2, 0.25) is 0 Å². The number of ether oxygens (including phenoxy) is 1. The van der Waals surface area contributed by atoms with Gasteiger partial charge in [0.25, 0.3) is 5.91 Å². The molecule has 1 saturated heterocycles. The molecule has 1 amide bonds. The average molecular weight is 578 g/mol. The molecule has 2 fully saturated rings. The number of guanidine groups is 1. The maximum absolute atomic E-state index is 11.7. The summed E-state index contributed by atoms with van der Waals surface area (Å²) in [6, 6.07) is 18.9. The number of carbonyl (C=O) groups is 1. The number of anilines is 1. The van der Waals surface area contributed by atoms with E-state index < -0.39 is 0 Å². The maximum Gasteiger partial charge on any atom is 0.258 e. The Balaban J connectivity index is 0.00000324. The van der Waals surface area contributed by atoms with Crippen LogP contribution in [0.4, 0.5) is 5.69 Å². The van der Waals surface area contributed by atoms with Crippen LogP contribution in [0.2, 0.25) is 0 Å². The van der Waals surface area contributed by atoms with Gasteiger partial charge in [0.1, 0.15) is 5.75 Å². The fourth-order valence-electron chi connectivity index (χ4n) is 3.93. The quantitative estimate of drug-likeness (QED) is 0.272. The van der Waals surface area contributed by atoms with Crippen molar-refractivity contribution < 1.29 is 9.53 Å². The largest absolute Gasteiger partial charge is 0.484 e. The lowest BCUT2D eigenvalue weighted by Crippen LogP contribution is -2.52. The molecule has 1 aliphatic carbocycles. The molecule has 1 aliphatic heterocycles. The normalized spacial score (nSPS) is 16.0. The molecule has 0 spiro atoms. The molecule has 1 saturated carbocycles. The highest BCUT2D eigenvalue weighted by Crippen LogP contribution is 2.19. The monoisotopic (exact) mass is 577 g/mol. The van der Waals surface area contributed by atoms with Crippen molar-refractivity contribution in [3.05, 3.63) is 60.2 Å². The Bertz CT molecular complexity index is 911. The van der Waals surface area contributed by atoms with Crippen molar-refractivity contribution in [1.29, 1.82) is 0 Å². The molecule has 0 atom stereocenters. The maximum atomic E-state index is 11.7. The van der Waals surface area contributed by atoms with Crippen LogP contribution in [0.25, 0.3) is 0 Å². The molecule has 7 nitrogen and oxygen atoms in total. The van der Waals surface area contributed by atoms with Crippen molar-refractivity contribution in [2.45, 2.75) is 32.2 Å². The van der Waals surface area contributed by atoms with Crippen LogP contribution in [-0.2, 0) is 11.2 Å². The summed E-state index contributed by atoms with van der Waals surface area (Å²) in [5.41, 5.74) is 2.49. The second kappa shape index (κ2) is 13.4. The van der Waals surface area contributed by atoms with Crippen molar-refractivity contribution in [2.75, 3.05) is 50.8 Å². The number of nitrogens with zero attached hydrogens (tertiary/aromatic N) is 3. The van der Waals surface area contributed by atoms with Gasteiger partial charge in [0, 0.05) is 51.0 Å². The summed E-state index contributed by atoms with van der Waals surface area (Å²) in [7, 11) is 0. The number of para-hydroxylation sites is 1. The number of hydrogen-bond acceptors (Lipinski definition) is 4. The average Bonchev–Trinajstić information content (AvgIpc) is 3.68. The lowest BCUT2D eigenvalue weighted by molar-refractivity contribution is -0.123. The molecule has 4 rings (SSSR count). The molecule has 2 aromatic rings. The van der Waals surface area contributed by atoms with Crippen LogP contribution in [0.1, 0.15) is 25.3 Å². The first-order valence-electron chi connectivity index (χ1n) is 12.1. The minimum Gasteiger partial charge on any atom is -0.484 e. The lowest BCUT2D eigenvalue weighted by Gasteiger charge is -2.37. The van der Waals surface area contributed by atoms with Gasteiger partial charge in [-0.2, -0.15) is 0 Å². The first-order chi connectivity index (χ1) is 16.2. The fraction of sp³-hybridized carbons (Fsp3) is 0.462. The van der Waals surface area contributed by atoms with E-state index in [0.29, 0.717) is 6.04 Å². The van der Waals surface area contributed by atoms with Crippen LogP contribution in [0.15, 0.2) is 59.6 Å². The fourth-order valence-corrected chi connectivity index (χ4v) is 3.93. The van der Waals surface area contributed by atoms with Gasteiger partial charge < -0.3 is 25.2 Å². The van der Waals surface area contributed by atoms with Crippen LogP contribution in [-0.4, -0.2) is 68.7 Å². The van der Waals surface area contributed by atoms with Gasteiger partial charge >= 0.3 is 0 Å². The molecule has 1 heterocycles. The zero-order chi connectivity index (χ0) is 22.9. The third kappa shape index (κ3) is 8.07. The van der Waals surface area contributed by atoms with Crippen LogP contribution in [0.5, 0.6) is 5.75 Å². The van der Waals surface area contributed by atoms with Gasteiger partial charge in [0.05, 0.1) is 0 Å². The van der Waals surface area contributed by atoms with Crippen LogP contribution in [0, 0.1) is 0 Å². The van der Waals surface area contributed by atoms with E-state index in [4.69, 9.17) is 9.73 Å². The second-order valence-electron chi connectivity index (χ2n) is 8.57. The van der Waals surface area contributed by atoms with E-state index in [1.807, 2.05) is 12.1 Å². The second-order valence-corrected chi connectivity index (χ2v) is 8.57. The van der Waals surface area contributed by atoms with Gasteiger partial charge in [-0.1, -0.05) is 30.3 Å². The Morgan fingerprint density at radius 2 is 1.74 bits per heavy atom. The molecule has 0 bridgehead atoms. The van der Waals surface area contributed by atoms with Crippen molar-refractivity contribution in [1.82, 2.24) is 15.5 Å². The highest BCUT2D eigenvalue weighted by molar-refractivity contribution is 14.0. The summed E-state index contributed by atoms with van der Waals surface area (Å²) in [6.45, 7) is 7.68. The first kappa shape index (κ1) is 26.1. The molecule has 2 aromatic carbocycles. The molecule has 2 aliphatic rings. The zero-order valence-corrected chi connectivity index (χ0v) is 22.2. The Morgan fingerprint density at radius 1 is 1.03 bits per heavy atom. The van der Waals surface area contributed by atoms with Crippen LogP contribution in [0.3, 0.4) is 0 Å². The SMILES string of the molecule is CCNC(=NCCc1ccc(OCC(=O)NC2CC2)cc1)N1CCN(c2ccccc2)CC1.I. The Kier molecular flexibility index (Phi) is 10.3. The summed E-state index contributed by atoms with van der Waals surface area (Å²) >= 11 is 0. The molecule has 0 aromatic heterocycles. The van der Waals surface area contributed by atoms with Crippen LogP contribution < -0.4 is 20.3 Å². The number of benzene rings is 2. The van der Waals surface area contributed by atoms with E-state index >= 15 is 0 Å². The number of carbonyl (C=O) groups excluding carboxylic acids is 1. The molecular formula is C26H36IN5O2. The predicted octanol–water partition coefficient (Wildman–Crippen LogP) is 3.29. The van der Waals surface area contributed by atoms with Gasteiger partial charge in [-0.05, 0) is 56.0 Å². The predicted molar refractivity (Wildman–Crippen MR) is 148 cm³/mol. The van der Waals surface area contributed by atoms with Gasteiger partial charge in [-0.25, -0.2) is 0 Å². The molecule has 184 valence electrons. The number of amides is 1. The molecular weight excluding hydrogens is 541 g/mol. The van der Waals surface area contributed by atoms with E-state index in [-0.39, 0.29) is 36.5 Å². The third-order valence-corrected chi connectivity index (χ3v) is 5.93. The number of hydrogen-bond donors (Lipinski definition) is 2. The smallest absolute Gasteiger partial charge is 0.258 e. The number of aliphatic imine (C=N–C) groups is 1. The van der Waals surface area contributed by atoms with Gasteiger partial charge in [-0.3, -0.25) is 9.79 Å². The van der Waals surface area contributed by atoms with Crippen molar-refractivity contribution in [3.8, 4) is 5.75 Å². The summed E-state index contributed by atoms with van der Waals surface area (Å²) < 4.78 is 5.59. The molecule has 0 radical (unpaired) electrons. The third-order valence-electron chi connectivity index (χ3n) is 5.93. The van der Waals surface area contributed by atoms with Gasteiger partial charge in [0.15, 0.2) is 12.6 Å². The number of piperazine rings is 1. The van der Waals surface area contributed by atoms with E-state index in [1.165, 1.54) is 11.3 Å². The number of nitrogens with one attached hydrogen (secondary N) is 2. The summed E-state index contributed by atoms with van der Waals surface area (Å²) in [6.07, 6.45) is 3.03.